The maximum Gasteiger partial charge on any atom is 0.222 e. The van der Waals surface area contributed by atoms with Crippen LogP contribution in [0.2, 0.25) is 0 Å². The van der Waals surface area contributed by atoms with E-state index in [2.05, 4.69) is 10.6 Å². The fourth-order valence-electron chi connectivity index (χ4n) is 1.74. The lowest BCUT2D eigenvalue weighted by Gasteiger charge is -2.10. The third-order valence-electron chi connectivity index (χ3n) is 2.73. The van der Waals surface area contributed by atoms with E-state index in [1.54, 1.807) is 0 Å². The highest BCUT2D eigenvalue weighted by atomic mass is 35.5. The molecule has 6 heteroatoms. The Kier molecular flexibility index (Phi) is 11.5. The first-order valence-electron chi connectivity index (χ1n) is 6.43. The average Bonchev–Trinajstić information content (AvgIpc) is 2.83. The topological polar surface area (TPSA) is 59.6 Å². The fourth-order valence-corrected chi connectivity index (χ4v) is 1.74. The van der Waals surface area contributed by atoms with Gasteiger partial charge in [0.1, 0.15) is 0 Å². The number of carbonyl (C=O) groups excluding carboxylic acids is 1. The van der Waals surface area contributed by atoms with Gasteiger partial charge in [-0.3, -0.25) is 4.79 Å². The van der Waals surface area contributed by atoms with Gasteiger partial charge in [0, 0.05) is 19.6 Å². The van der Waals surface area contributed by atoms with Crippen LogP contribution in [0.3, 0.4) is 0 Å². The van der Waals surface area contributed by atoms with Crippen LogP contribution in [0.5, 0.6) is 0 Å². The summed E-state index contributed by atoms with van der Waals surface area (Å²) in [5, 5.41) is 5.89. The molecule has 1 amide bonds. The van der Waals surface area contributed by atoms with Crippen LogP contribution in [0, 0.1) is 0 Å². The summed E-state index contributed by atoms with van der Waals surface area (Å²) in [5.74, 6) is 0.0634. The Labute approximate surface area is 115 Å². The Bertz CT molecular complexity index is 211. The molecule has 0 aromatic carbocycles. The van der Waals surface area contributed by atoms with Crippen molar-refractivity contribution in [2.24, 2.45) is 0 Å². The van der Waals surface area contributed by atoms with Crippen LogP contribution in [0.1, 0.15) is 25.7 Å². The van der Waals surface area contributed by atoms with Gasteiger partial charge in [-0.2, -0.15) is 0 Å². The van der Waals surface area contributed by atoms with Crippen LogP contribution < -0.4 is 10.6 Å². The number of rotatable bonds is 9. The van der Waals surface area contributed by atoms with Crippen molar-refractivity contribution < 1.29 is 14.3 Å². The molecule has 1 aliphatic rings. The molecule has 0 aliphatic carbocycles. The zero-order valence-corrected chi connectivity index (χ0v) is 11.9. The molecule has 18 heavy (non-hydrogen) atoms. The lowest BCUT2D eigenvalue weighted by molar-refractivity contribution is -0.122. The molecule has 0 radical (unpaired) electrons. The van der Waals surface area contributed by atoms with E-state index < -0.39 is 0 Å². The Hall–Kier alpha value is -0.360. The summed E-state index contributed by atoms with van der Waals surface area (Å²) in [5.41, 5.74) is 0. The summed E-state index contributed by atoms with van der Waals surface area (Å²) in [4.78, 5) is 11.4. The highest BCUT2D eigenvalue weighted by Gasteiger charge is 2.15. The first-order valence-corrected chi connectivity index (χ1v) is 6.43. The molecule has 5 nitrogen and oxygen atoms in total. The second kappa shape index (κ2) is 11.7. The zero-order valence-electron chi connectivity index (χ0n) is 11.1. The van der Waals surface area contributed by atoms with E-state index in [9.17, 15) is 4.79 Å². The maximum absolute atomic E-state index is 11.4. The number of hydrogen-bond acceptors (Lipinski definition) is 4. The van der Waals surface area contributed by atoms with Gasteiger partial charge in [-0.25, -0.2) is 0 Å². The summed E-state index contributed by atoms with van der Waals surface area (Å²) in [7, 11) is 1.90. The molecule has 1 fully saturated rings. The first-order chi connectivity index (χ1) is 8.33. The van der Waals surface area contributed by atoms with Gasteiger partial charge >= 0.3 is 0 Å². The minimum absolute atomic E-state index is 0. The summed E-state index contributed by atoms with van der Waals surface area (Å²) in [6.45, 7) is 3.60. The van der Waals surface area contributed by atoms with E-state index in [-0.39, 0.29) is 24.4 Å². The Morgan fingerprint density at radius 2 is 2.28 bits per heavy atom. The van der Waals surface area contributed by atoms with E-state index in [0.29, 0.717) is 19.6 Å². The van der Waals surface area contributed by atoms with Crippen LogP contribution in [0.25, 0.3) is 0 Å². The molecule has 1 saturated heterocycles. The molecule has 0 aromatic heterocycles. The lowest BCUT2D eigenvalue weighted by Crippen LogP contribution is -2.27. The highest BCUT2D eigenvalue weighted by Crippen LogP contribution is 2.11. The van der Waals surface area contributed by atoms with Crippen molar-refractivity contribution in [2.45, 2.75) is 31.8 Å². The normalized spacial score (nSPS) is 18.4. The largest absolute Gasteiger partial charge is 0.378 e. The first kappa shape index (κ1) is 17.6. The van der Waals surface area contributed by atoms with Crippen molar-refractivity contribution in [1.82, 2.24) is 10.6 Å². The van der Waals surface area contributed by atoms with Gasteiger partial charge in [-0.05, 0) is 32.9 Å². The smallest absolute Gasteiger partial charge is 0.222 e. The van der Waals surface area contributed by atoms with E-state index in [1.165, 1.54) is 0 Å². The van der Waals surface area contributed by atoms with Gasteiger partial charge < -0.3 is 20.1 Å². The molecule has 1 aliphatic heterocycles. The average molecular weight is 281 g/mol. The van der Waals surface area contributed by atoms with Crippen LogP contribution in [-0.2, 0) is 14.3 Å². The fraction of sp³-hybridized carbons (Fsp3) is 0.917. The molecule has 1 rings (SSSR count). The number of carbonyl (C=O) groups is 1. The number of amides is 1. The molecule has 0 bridgehead atoms. The number of hydrogen-bond donors (Lipinski definition) is 2. The molecule has 108 valence electrons. The molecule has 1 unspecified atom stereocenters. The van der Waals surface area contributed by atoms with Crippen molar-refractivity contribution in [3.63, 3.8) is 0 Å². The molecular weight excluding hydrogens is 256 g/mol. The number of nitrogens with one attached hydrogen (secondary N) is 2. The Balaban J connectivity index is 0.00000289. The second-order valence-electron chi connectivity index (χ2n) is 4.27. The highest BCUT2D eigenvalue weighted by molar-refractivity contribution is 5.85. The van der Waals surface area contributed by atoms with Gasteiger partial charge in [-0.15, -0.1) is 12.4 Å². The molecule has 2 N–H and O–H groups in total. The third-order valence-corrected chi connectivity index (χ3v) is 2.73. The van der Waals surface area contributed by atoms with Crippen molar-refractivity contribution in [1.29, 1.82) is 0 Å². The molecule has 1 heterocycles. The van der Waals surface area contributed by atoms with Gasteiger partial charge in [0.15, 0.2) is 0 Å². The van der Waals surface area contributed by atoms with Crippen molar-refractivity contribution in [3.05, 3.63) is 0 Å². The minimum atomic E-state index is 0. The molecular formula is C12H25ClN2O3. The van der Waals surface area contributed by atoms with Crippen LogP contribution in [0.15, 0.2) is 0 Å². The van der Waals surface area contributed by atoms with Crippen LogP contribution in [0.4, 0.5) is 0 Å². The summed E-state index contributed by atoms with van der Waals surface area (Å²) in [6, 6.07) is 0. The summed E-state index contributed by atoms with van der Waals surface area (Å²) < 4.78 is 10.8. The van der Waals surface area contributed by atoms with Crippen LogP contribution in [-0.4, -0.2) is 52.0 Å². The van der Waals surface area contributed by atoms with Gasteiger partial charge in [0.05, 0.1) is 19.3 Å². The standard InChI is InChI=1S/C12H24N2O3.ClH/c1-13-6-3-7-14-12(15)5-9-16-10-11-4-2-8-17-11;/h11,13H,2-10H2,1H3,(H,14,15);1H. The Morgan fingerprint density at radius 1 is 1.44 bits per heavy atom. The maximum atomic E-state index is 11.4. The van der Waals surface area contributed by atoms with E-state index in [1.807, 2.05) is 7.05 Å². The van der Waals surface area contributed by atoms with Gasteiger partial charge in [0.2, 0.25) is 5.91 Å². The summed E-state index contributed by atoms with van der Waals surface area (Å²) >= 11 is 0. The lowest BCUT2D eigenvalue weighted by atomic mass is 10.2. The predicted molar refractivity (Wildman–Crippen MR) is 73.2 cm³/mol. The van der Waals surface area contributed by atoms with E-state index in [0.717, 1.165) is 39.0 Å². The van der Waals surface area contributed by atoms with Gasteiger partial charge in [-0.1, -0.05) is 0 Å². The Morgan fingerprint density at radius 3 is 2.94 bits per heavy atom. The van der Waals surface area contributed by atoms with Gasteiger partial charge in [0.25, 0.3) is 0 Å². The number of halogens is 1. The van der Waals surface area contributed by atoms with Crippen molar-refractivity contribution in [3.8, 4) is 0 Å². The van der Waals surface area contributed by atoms with E-state index >= 15 is 0 Å². The van der Waals surface area contributed by atoms with E-state index in [4.69, 9.17) is 9.47 Å². The van der Waals surface area contributed by atoms with Crippen LogP contribution >= 0.6 is 12.4 Å². The minimum Gasteiger partial charge on any atom is -0.378 e. The monoisotopic (exact) mass is 280 g/mol. The number of ether oxygens (including phenoxy) is 2. The SMILES string of the molecule is CNCCCNC(=O)CCOCC1CCCO1.Cl. The molecule has 0 spiro atoms. The predicted octanol–water partition coefficient (Wildman–Crippen LogP) is 0.720. The zero-order chi connectivity index (χ0) is 12.3. The van der Waals surface area contributed by atoms with Crippen molar-refractivity contribution >= 4 is 18.3 Å². The van der Waals surface area contributed by atoms with Crippen molar-refractivity contribution in [2.75, 3.05) is 40.0 Å². The quantitative estimate of drug-likeness (QED) is 0.611. The molecule has 0 aromatic rings. The third kappa shape index (κ3) is 8.69. The molecule has 0 saturated carbocycles. The second-order valence-corrected chi connectivity index (χ2v) is 4.27. The molecule has 1 atom stereocenters. The summed E-state index contributed by atoms with van der Waals surface area (Å²) in [6.07, 6.45) is 3.84.